The number of fused-ring (bicyclic) bond motifs is 3. The van der Waals surface area contributed by atoms with Crippen molar-refractivity contribution in [1.29, 1.82) is 0 Å². The molecule has 0 saturated heterocycles. The second kappa shape index (κ2) is 3.14. The molecule has 0 fully saturated rings. The van der Waals surface area contributed by atoms with E-state index in [-0.39, 0.29) is 0 Å². The maximum atomic E-state index is 5.24. The molecule has 0 aliphatic rings. The molecule has 72 valence electrons. The standard InChI is InChI=1S/C12H8N2S/c15-11-5-7-13-12-10-4-2-1-3-9(10)6-8-14(11)12/h1-8H. The molecule has 0 unspecified atom stereocenters. The molecule has 2 aromatic heterocycles. The summed E-state index contributed by atoms with van der Waals surface area (Å²) in [6, 6.07) is 12.1. The highest BCUT2D eigenvalue weighted by atomic mass is 32.1. The van der Waals surface area contributed by atoms with Crippen molar-refractivity contribution in [3.05, 3.63) is 53.4 Å². The molecule has 0 amide bonds. The molecule has 3 heteroatoms. The summed E-state index contributed by atoms with van der Waals surface area (Å²) >= 11 is 5.24. The average molecular weight is 212 g/mol. The molecule has 0 spiro atoms. The lowest BCUT2D eigenvalue weighted by molar-refractivity contribution is 1.09. The Morgan fingerprint density at radius 3 is 2.87 bits per heavy atom. The zero-order valence-electron chi connectivity index (χ0n) is 7.92. The van der Waals surface area contributed by atoms with Gasteiger partial charge in [-0.05, 0) is 17.5 Å². The molecule has 0 N–H and O–H groups in total. The molecule has 0 bridgehead atoms. The van der Waals surface area contributed by atoms with Gasteiger partial charge in [-0.15, -0.1) is 0 Å². The minimum absolute atomic E-state index is 0.783. The Balaban J connectivity index is 2.67. The van der Waals surface area contributed by atoms with Gasteiger partial charge in [0.15, 0.2) is 0 Å². The summed E-state index contributed by atoms with van der Waals surface area (Å²) in [5.74, 6) is 0. The van der Waals surface area contributed by atoms with E-state index >= 15 is 0 Å². The van der Waals surface area contributed by atoms with E-state index in [0.717, 1.165) is 15.7 Å². The highest BCUT2D eigenvalue weighted by Gasteiger charge is 1.99. The SMILES string of the molecule is S=c1ccnc2c3ccccc3ccn12. The molecular weight excluding hydrogens is 204 g/mol. The van der Waals surface area contributed by atoms with Crippen LogP contribution in [0.4, 0.5) is 0 Å². The monoisotopic (exact) mass is 212 g/mol. The van der Waals surface area contributed by atoms with E-state index < -0.39 is 0 Å². The lowest BCUT2D eigenvalue weighted by Crippen LogP contribution is -1.93. The molecule has 1 aromatic carbocycles. The normalized spacial score (nSPS) is 10.9. The number of hydrogen-bond acceptors (Lipinski definition) is 2. The van der Waals surface area contributed by atoms with Crippen LogP contribution < -0.4 is 0 Å². The Kier molecular flexibility index (Phi) is 1.79. The molecule has 0 atom stereocenters. The quantitative estimate of drug-likeness (QED) is 0.420. The first-order chi connectivity index (χ1) is 7.36. The third-order valence-electron chi connectivity index (χ3n) is 2.48. The van der Waals surface area contributed by atoms with Crippen LogP contribution in [-0.2, 0) is 0 Å². The van der Waals surface area contributed by atoms with Gasteiger partial charge in [-0.2, -0.15) is 0 Å². The summed E-state index contributed by atoms with van der Waals surface area (Å²) in [5, 5.41) is 2.32. The first-order valence-corrected chi connectivity index (χ1v) is 5.12. The predicted molar refractivity (Wildman–Crippen MR) is 63.5 cm³/mol. The maximum absolute atomic E-state index is 5.24. The lowest BCUT2D eigenvalue weighted by atomic mass is 10.2. The Labute approximate surface area is 91.8 Å². The van der Waals surface area contributed by atoms with Gasteiger partial charge >= 0.3 is 0 Å². The molecule has 3 aromatic rings. The van der Waals surface area contributed by atoms with E-state index in [0.29, 0.717) is 0 Å². The van der Waals surface area contributed by atoms with Gasteiger partial charge in [0, 0.05) is 17.8 Å². The molecule has 2 heterocycles. The largest absolute Gasteiger partial charge is 0.292 e. The molecular formula is C12H8N2S. The van der Waals surface area contributed by atoms with Crippen molar-refractivity contribution in [3.8, 4) is 0 Å². The third-order valence-corrected chi connectivity index (χ3v) is 2.82. The van der Waals surface area contributed by atoms with Crippen molar-refractivity contribution in [2.45, 2.75) is 0 Å². The van der Waals surface area contributed by atoms with Crippen molar-refractivity contribution in [2.24, 2.45) is 0 Å². The van der Waals surface area contributed by atoms with Gasteiger partial charge < -0.3 is 0 Å². The molecule has 0 aliphatic carbocycles. The van der Waals surface area contributed by atoms with Crippen LogP contribution in [0.15, 0.2) is 48.8 Å². The number of rotatable bonds is 0. The smallest absolute Gasteiger partial charge is 0.145 e. The Hall–Kier alpha value is -1.74. The molecule has 0 aliphatic heterocycles. The van der Waals surface area contributed by atoms with Crippen molar-refractivity contribution < 1.29 is 0 Å². The second-order valence-electron chi connectivity index (χ2n) is 3.38. The topological polar surface area (TPSA) is 17.3 Å². The van der Waals surface area contributed by atoms with Crippen LogP contribution in [-0.4, -0.2) is 9.38 Å². The van der Waals surface area contributed by atoms with E-state index in [1.54, 1.807) is 6.20 Å². The summed E-state index contributed by atoms with van der Waals surface area (Å²) in [4.78, 5) is 4.37. The summed E-state index contributed by atoms with van der Waals surface area (Å²) in [6.45, 7) is 0. The van der Waals surface area contributed by atoms with E-state index in [4.69, 9.17) is 12.2 Å². The summed E-state index contributed by atoms with van der Waals surface area (Å²) in [5.41, 5.74) is 0.917. The highest BCUT2D eigenvalue weighted by Crippen LogP contribution is 2.17. The van der Waals surface area contributed by atoms with E-state index in [1.807, 2.05) is 28.8 Å². The van der Waals surface area contributed by atoms with Crippen LogP contribution in [0.5, 0.6) is 0 Å². The molecule has 0 saturated carbocycles. The Morgan fingerprint density at radius 2 is 1.93 bits per heavy atom. The molecule has 2 nitrogen and oxygen atoms in total. The van der Waals surface area contributed by atoms with Crippen LogP contribution in [0.3, 0.4) is 0 Å². The second-order valence-corrected chi connectivity index (χ2v) is 3.80. The minimum atomic E-state index is 0.783. The van der Waals surface area contributed by atoms with Crippen molar-refractivity contribution in [2.75, 3.05) is 0 Å². The minimum Gasteiger partial charge on any atom is -0.292 e. The number of nitrogens with zero attached hydrogens (tertiary/aromatic N) is 2. The van der Waals surface area contributed by atoms with Gasteiger partial charge in [-0.1, -0.05) is 36.5 Å². The van der Waals surface area contributed by atoms with Gasteiger partial charge in [-0.25, -0.2) is 4.98 Å². The Morgan fingerprint density at radius 1 is 1.07 bits per heavy atom. The summed E-state index contributed by atoms with van der Waals surface area (Å²) in [7, 11) is 0. The van der Waals surface area contributed by atoms with Crippen LogP contribution in [0.25, 0.3) is 16.4 Å². The van der Waals surface area contributed by atoms with Crippen molar-refractivity contribution in [1.82, 2.24) is 9.38 Å². The van der Waals surface area contributed by atoms with Gasteiger partial charge in [0.1, 0.15) is 10.3 Å². The van der Waals surface area contributed by atoms with Gasteiger partial charge in [0.25, 0.3) is 0 Å². The van der Waals surface area contributed by atoms with Gasteiger partial charge in [-0.3, -0.25) is 4.40 Å². The van der Waals surface area contributed by atoms with Gasteiger partial charge in [0.2, 0.25) is 0 Å². The third kappa shape index (κ3) is 1.24. The molecule has 3 rings (SSSR count). The number of pyridine rings is 1. The first-order valence-electron chi connectivity index (χ1n) is 4.71. The van der Waals surface area contributed by atoms with Crippen LogP contribution in [0, 0.1) is 4.64 Å². The van der Waals surface area contributed by atoms with Crippen LogP contribution >= 0.6 is 12.2 Å². The fourth-order valence-corrected chi connectivity index (χ4v) is 1.97. The zero-order chi connectivity index (χ0) is 10.3. The maximum Gasteiger partial charge on any atom is 0.145 e. The van der Waals surface area contributed by atoms with Crippen molar-refractivity contribution >= 4 is 28.6 Å². The van der Waals surface area contributed by atoms with E-state index in [9.17, 15) is 0 Å². The first kappa shape index (κ1) is 8.56. The predicted octanol–water partition coefficient (Wildman–Crippen LogP) is 3.22. The highest BCUT2D eigenvalue weighted by molar-refractivity contribution is 7.71. The molecule has 15 heavy (non-hydrogen) atoms. The summed E-state index contributed by atoms with van der Waals surface area (Å²) < 4.78 is 2.71. The lowest BCUT2D eigenvalue weighted by Gasteiger charge is -2.04. The average Bonchev–Trinajstić information content (AvgIpc) is 2.29. The molecule has 0 radical (unpaired) electrons. The van der Waals surface area contributed by atoms with E-state index in [1.165, 1.54) is 5.39 Å². The fraction of sp³-hybridized carbons (Fsp3) is 0. The van der Waals surface area contributed by atoms with E-state index in [2.05, 4.69) is 23.2 Å². The zero-order valence-corrected chi connectivity index (χ0v) is 8.74. The van der Waals surface area contributed by atoms with Crippen molar-refractivity contribution in [3.63, 3.8) is 0 Å². The fourth-order valence-electron chi connectivity index (χ4n) is 1.76. The summed E-state index contributed by atoms with van der Waals surface area (Å²) in [6.07, 6.45) is 3.72. The Bertz CT molecular complexity index is 700. The van der Waals surface area contributed by atoms with Gasteiger partial charge in [0.05, 0.1) is 0 Å². The number of hydrogen-bond donors (Lipinski definition) is 0. The number of benzene rings is 1. The van der Waals surface area contributed by atoms with Crippen LogP contribution in [0.1, 0.15) is 0 Å². The number of aromatic nitrogens is 2. The van der Waals surface area contributed by atoms with Crippen LogP contribution in [0.2, 0.25) is 0 Å².